The van der Waals surface area contributed by atoms with Crippen LogP contribution in [0.15, 0.2) is 24.3 Å². The second-order valence-corrected chi connectivity index (χ2v) is 5.57. The molecule has 0 bridgehead atoms. The number of anilines is 1. The van der Waals surface area contributed by atoms with Crippen LogP contribution in [0.25, 0.3) is 0 Å². The van der Waals surface area contributed by atoms with Crippen molar-refractivity contribution in [2.45, 2.75) is 32.9 Å². The molecule has 1 amide bonds. The summed E-state index contributed by atoms with van der Waals surface area (Å²) in [4.78, 5) is 14.6. The lowest BCUT2D eigenvalue weighted by atomic mass is 10.1. The first-order valence-electron chi connectivity index (χ1n) is 6.94. The third-order valence-corrected chi connectivity index (χ3v) is 3.57. The van der Waals surface area contributed by atoms with Gasteiger partial charge in [-0.1, -0.05) is 24.4 Å². The van der Waals surface area contributed by atoms with Gasteiger partial charge in [0, 0.05) is 18.2 Å². The van der Waals surface area contributed by atoms with Gasteiger partial charge in [-0.25, -0.2) is 0 Å². The third kappa shape index (κ3) is 4.77. The van der Waals surface area contributed by atoms with E-state index < -0.39 is 0 Å². The molecule has 0 saturated heterocycles. The molecule has 4 N–H and O–H groups in total. The Morgan fingerprint density at radius 3 is 2.52 bits per heavy atom. The van der Waals surface area contributed by atoms with E-state index in [2.05, 4.69) is 5.32 Å². The van der Waals surface area contributed by atoms with Gasteiger partial charge in [0.2, 0.25) is 5.91 Å². The number of nitrogens with zero attached hydrogens (tertiary/aromatic N) is 1. The standard InChI is InChI=1S/C15H23N3O2S/c1-10(2)18(8-9-19)11(3)15(20)17-13-7-5-4-6-12(13)14(16)21/h4-7,10-11,19H,8-9H2,1-3H3,(H2,16,21)(H,17,20). The topological polar surface area (TPSA) is 78.6 Å². The number of benzene rings is 1. The van der Waals surface area contributed by atoms with Gasteiger partial charge in [0.25, 0.3) is 0 Å². The van der Waals surface area contributed by atoms with Crippen LogP contribution in [0.5, 0.6) is 0 Å². The molecule has 0 aliphatic rings. The van der Waals surface area contributed by atoms with Crippen molar-refractivity contribution in [1.29, 1.82) is 0 Å². The van der Waals surface area contributed by atoms with Crippen molar-refractivity contribution in [1.82, 2.24) is 4.90 Å². The van der Waals surface area contributed by atoms with Crippen LogP contribution in [-0.4, -0.2) is 46.1 Å². The summed E-state index contributed by atoms with van der Waals surface area (Å²) in [7, 11) is 0. The Bertz CT molecular complexity index is 505. The van der Waals surface area contributed by atoms with Gasteiger partial charge in [-0.3, -0.25) is 9.69 Å². The molecule has 0 fully saturated rings. The molecule has 0 aromatic heterocycles. The highest BCUT2D eigenvalue weighted by Gasteiger charge is 2.23. The van der Waals surface area contributed by atoms with E-state index in [1.165, 1.54) is 0 Å². The Kier molecular flexibility index (Phi) is 6.74. The number of thiocarbonyl (C=S) groups is 1. The van der Waals surface area contributed by atoms with Crippen LogP contribution in [0.4, 0.5) is 5.69 Å². The van der Waals surface area contributed by atoms with Crippen molar-refractivity contribution in [2.24, 2.45) is 5.73 Å². The summed E-state index contributed by atoms with van der Waals surface area (Å²) in [5, 5.41) is 12.0. The van der Waals surface area contributed by atoms with Crippen LogP contribution in [0.3, 0.4) is 0 Å². The smallest absolute Gasteiger partial charge is 0.241 e. The summed E-state index contributed by atoms with van der Waals surface area (Å²) in [6, 6.07) is 6.97. The van der Waals surface area contributed by atoms with Crippen molar-refractivity contribution in [3.63, 3.8) is 0 Å². The molecule has 0 aliphatic carbocycles. The second kappa shape index (κ2) is 8.07. The van der Waals surface area contributed by atoms with Crippen molar-refractivity contribution < 1.29 is 9.90 Å². The molecule has 1 rings (SSSR count). The molecule has 1 unspecified atom stereocenters. The minimum absolute atomic E-state index is 0.0132. The zero-order valence-corrected chi connectivity index (χ0v) is 13.5. The number of carbonyl (C=O) groups excluding carboxylic acids is 1. The number of nitrogens with two attached hydrogens (primary N) is 1. The molecule has 0 spiro atoms. The third-order valence-electron chi connectivity index (χ3n) is 3.35. The minimum atomic E-state index is -0.364. The number of nitrogens with one attached hydrogen (secondary N) is 1. The van der Waals surface area contributed by atoms with Gasteiger partial charge >= 0.3 is 0 Å². The summed E-state index contributed by atoms with van der Waals surface area (Å²) in [5.74, 6) is -0.152. The van der Waals surface area contributed by atoms with Crippen LogP contribution in [0, 0.1) is 0 Å². The summed E-state index contributed by atoms with van der Waals surface area (Å²) >= 11 is 4.99. The van der Waals surface area contributed by atoms with Gasteiger partial charge in [0.1, 0.15) is 4.99 Å². The number of hydrogen-bond acceptors (Lipinski definition) is 4. The van der Waals surface area contributed by atoms with Crippen molar-refractivity contribution >= 4 is 28.8 Å². The summed E-state index contributed by atoms with van der Waals surface area (Å²) in [6.07, 6.45) is 0. The molecule has 6 heteroatoms. The molecule has 0 radical (unpaired) electrons. The number of aliphatic hydroxyl groups excluding tert-OH is 1. The van der Waals surface area contributed by atoms with Crippen LogP contribution in [0.2, 0.25) is 0 Å². The van der Waals surface area contributed by atoms with E-state index in [0.717, 1.165) is 0 Å². The molecule has 5 nitrogen and oxygen atoms in total. The zero-order chi connectivity index (χ0) is 16.0. The van der Waals surface area contributed by atoms with E-state index in [1.807, 2.05) is 37.8 Å². The molecule has 0 saturated carbocycles. The molecule has 1 atom stereocenters. The maximum Gasteiger partial charge on any atom is 0.241 e. The maximum absolute atomic E-state index is 12.4. The normalized spacial score (nSPS) is 12.5. The van der Waals surface area contributed by atoms with E-state index in [0.29, 0.717) is 17.8 Å². The summed E-state index contributed by atoms with van der Waals surface area (Å²) in [6.45, 7) is 6.25. The Balaban J connectivity index is 2.87. The van der Waals surface area contributed by atoms with Gasteiger partial charge in [-0.05, 0) is 32.9 Å². The van der Waals surface area contributed by atoms with Gasteiger partial charge < -0.3 is 16.2 Å². The highest BCUT2D eigenvalue weighted by atomic mass is 32.1. The second-order valence-electron chi connectivity index (χ2n) is 5.13. The first-order chi connectivity index (χ1) is 9.88. The van der Waals surface area contributed by atoms with Gasteiger partial charge in [0.15, 0.2) is 0 Å². The van der Waals surface area contributed by atoms with Gasteiger partial charge in [0.05, 0.1) is 18.3 Å². The average Bonchev–Trinajstić information content (AvgIpc) is 2.44. The molecular formula is C15H23N3O2S. The molecule has 1 aromatic rings. The van der Waals surface area contributed by atoms with E-state index >= 15 is 0 Å². The first-order valence-corrected chi connectivity index (χ1v) is 7.35. The number of aliphatic hydroxyl groups is 1. The monoisotopic (exact) mass is 309 g/mol. The van der Waals surface area contributed by atoms with Crippen LogP contribution in [0.1, 0.15) is 26.3 Å². The fourth-order valence-corrected chi connectivity index (χ4v) is 2.39. The number of amides is 1. The van der Waals surface area contributed by atoms with E-state index in [9.17, 15) is 4.79 Å². The number of rotatable bonds is 7. The number of para-hydroxylation sites is 1. The van der Waals surface area contributed by atoms with Crippen molar-refractivity contribution in [3.05, 3.63) is 29.8 Å². The Labute approximate surface area is 131 Å². The summed E-state index contributed by atoms with van der Waals surface area (Å²) < 4.78 is 0. The fourth-order valence-electron chi connectivity index (χ4n) is 2.21. The maximum atomic E-state index is 12.4. The predicted octanol–water partition coefficient (Wildman–Crippen LogP) is 1.35. The van der Waals surface area contributed by atoms with Crippen LogP contribution >= 0.6 is 12.2 Å². The van der Waals surface area contributed by atoms with Crippen LogP contribution in [-0.2, 0) is 4.79 Å². The molecule has 1 aromatic carbocycles. The predicted molar refractivity (Wildman–Crippen MR) is 89.3 cm³/mol. The zero-order valence-electron chi connectivity index (χ0n) is 12.7. The number of carbonyl (C=O) groups is 1. The highest BCUT2D eigenvalue weighted by molar-refractivity contribution is 7.80. The molecule has 0 aliphatic heterocycles. The summed E-state index contributed by atoms with van der Waals surface area (Å²) in [5.41, 5.74) is 6.91. The van der Waals surface area contributed by atoms with Crippen LogP contribution < -0.4 is 11.1 Å². The lowest BCUT2D eigenvalue weighted by molar-refractivity contribution is -0.121. The Morgan fingerprint density at radius 2 is 2.00 bits per heavy atom. The lowest BCUT2D eigenvalue weighted by Crippen LogP contribution is -2.47. The SMILES string of the molecule is CC(C)N(CCO)C(C)C(=O)Nc1ccccc1C(N)=S. The highest BCUT2D eigenvalue weighted by Crippen LogP contribution is 2.16. The molecule has 0 heterocycles. The minimum Gasteiger partial charge on any atom is -0.395 e. The average molecular weight is 309 g/mol. The van der Waals surface area contributed by atoms with Crippen molar-refractivity contribution in [2.75, 3.05) is 18.5 Å². The quantitative estimate of drug-likeness (QED) is 0.663. The largest absolute Gasteiger partial charge is 0.395 e. The fraction of sp³-hybridized carbons (Fsp3) is 0.467. The van der Waals surface area contributed by atoms with Gasteiger partial charge in [-0.2, -0.15) is 0 Å². The van der Waals surface area contributed by atoms with E-state index in [1.54, 1.807) is 12.1 Å². The first kappa shape index (κ1) is 17.6. The number of hydrogen-bond donors (Lipinski definition) is 3. The Hall–Kier alpha value is -1.50. The lowest BCUT2D eigenvalue weighted by Gasteiger charge is -2.31. The van der Waals surface area contributed by atoms with E-state index in [4.69, 9.17) is 23.1 Å². The molecular weight excluding hydrogens is 286 g/mol. The molecule has 21 heavy (non-hydrogen) atoms. The Morgan fingerprint density at radius 1 is 1.38 bits per heavy atom. The van der Waals surface area contributed by atoms with Crippen molar-refractivity contribution in [3.8, 4) is 0 Å². The van der Waals surface area contributed by atoms with Gasteiger partial charge in [-0.15, -0.1) is 0 Å². The molecule has 116 valence electrons. The van der Waals surface area contributed by atoms with E-state index in [-0.39, 0.29) is 29.6 Å².